The van der Waals surface area contributed by atoms with Crippen molar-refractivity contribution in [3.05, 3.63) is 82.9 Å². The van der Waals surface area contributed by atoms with Gasteiger partial charge >= 0.3 is 0 Å². The molecule has 1 fully saturated rings. The summed E-state index contributed by atoms with van der Waals surface area (Å²) in [4.78, 5) is 17.2. The number of hydrogen-bond acceptors (Lipinski definition) is 3. The van der Waals surface area contributed by atoms with E-state index in [1.54, 1.807) is 17.0 Å². The van der Waals surface area contributed by atoms with Gasteiger partial charge in [0, 0.05) is 49.4 Å². The summed E-state index contributed by atoms with van der Waals surface area (Å²) >= 11 is 0. The molecule has 1 aromatic heterocycles. The summed E-state index contributed by atoms with van der Waals surface area (Å²) in [6, 6.07) is 16.6. The Morgan fingerprint density at radius 1 is 1.00 bits per heavy atom. The van der Waals surface area contributed by atoms with E-state index in [0.29, 0.717) is 12.1 Å². The fourth-order valence-electron chi connectivity index (χ4n) is 4.15. The average molecular weight is 422 g/mol. The Kier molecular flexibility index (Phi) is 6.09. The van der Waals surface area contributed by atoms with E-state index in [1.165, 1.54) is 17.8 Å². The molecule has 1 saturated heterocycles. The second kappa shape index (κ2) is 8.94. The number of carbonyl (C=O) groups is 1. The topological polar surface area (TPSA) is 37.7 Å². The molecule has 31 heavy (non-hydrogen) atoms. The highest BCUT2D eigenvalue weighted by molar-refractivity contribution is 5.95. The molecule has 4 rings (SSSR count). The van der Waals surface area contributed by atoms with Crippen LogP contribution in [0, 0.1) is 19.7 Å². The quantitative estimate of drug-likeness (QED) is 0.615. The van der Waals surface area contributed by atoms with Crippen LogP contribution in [0.4, 0.5) is 10.1 Å². The number of aryl methyl sites for hydroxylation is 1. The molecule has 2 heterocycles. The molecule has 2 aromatic carbocycles. The second-order valence-corrected chi connectivity index (χ2v) is 8.02. The van der Waals surface area contributed by atoms with Gasteiger partial charge in [-0.3, -0.25) is 4.79 Å². The number of amides is 1. The van der Waals surface area contributed by atoms with Gasteiger partial charge in [0.1, 0.15) is 5.82 Å². The Morgan fingerprint density at radius 3 is 2.26 bits per heavy atom. The third-order valence-corrected chi connectivity index (χ3v) is 5.83. The Hall–Kier alpha value is -3.12. The molecule has 1 aliphatic heterocycles. The van der Waals surface area contributed by atoms with Crippen LogP contribution < -0.4 is 4.90 Å². The van der Waals surface area contributed by atoms with Crippen LogP contribution in [0.25, 0.3) is 5.69 Å². The highest BCUT2D eigenvalue weighted by atomic mass is 19.1. The summed E-state index contributed by atoms with van der Waals surface area (Å²) in [5.41, 5.74) is 5.56. The molecule has 1 aliphatic rings. The number of halogens is 1. The van der Waals surface area contributed by atoms with Crippen molar-refractivity contribution in [2.24, 2.45) is 0 Å². The van der Waals surface area contributed by atoms with Gasteiger partial charge in [0.15, 0.2) is 0 Å². The molecule has 6 heteroatoms. The first-order valence-electron chi connectivity index (χ1n) is 10.6. The monoisotopic (exact) mass is 421 g/mol. The first-order chi connectivity index (χ1) is 14.9. The number of benzene rings is 2. The summed E-state index contributed by atoms with van der Waals surface area (Å²) in [5, 5.41) is 0. The SMILES string of the molecule is Cc1cc(C(=O)N(C)Cc2ccc(N3CCOCC3)cc2)c(C)n1-c1ccc(F)cc1. The maximum absolute atomic E-state index is 13.3. The van der Waals surface area contributed by atoms with Crippen molar-refractivity contribution in [2.45, 2.75) is 20.4 Å². The zero-order chi connectivity index (χ0) is 22.0. The zero-order valence-electron chi connectivity index (χ0n) is 18.3. The maximum atomic E-state index is 13.3. The van der Waals surface area contributed by atoms with E-state index in [0.717, 1.165) is 48.9 Å². The molecular weight excluding hydrogens is 393 g/mol. The van der Waals surface area contributed by atoms with E-state index in [-0.39, 0.29) is 11.7 Å². The first-order valence-corrected chi connectivity index (χ1v) is 10.6. The molecule has 0 aliphatic carbocycles. The van der Waals surface area contributed by atoms with E-state index in [1.807, 2.05) is 31.5 Å². The predicted molar refractivity (Wildman–Crippen MR) is 120 cm³/mol. The molecule has 1 amide bonds. The standard InChI is InChI=1S/C25H28FN3O2/c1-18-16-24(19(2)29(18)23-10-6-21(26)7-11-23)25(30)27(3)17-20-4-8-22(9-5-20)28-12-14-31-15-13-28/h4-11,16H,12-15,17H2,1-3H3. The van der Waals surface area contributed by atoms with Gasteiger partial charge in [-0.05, 0) is 61.9 Å². The number of hydrogen-bond donors (Lipinski definition) is 0. The van der Waals surface area contributed by atoms with Gasteiger partial charge in [0.2, 0.25) is 0 Å². The van der Waals surface area contributed by atoms with Crippen LogP contribution in [-0.4, -0.2) is 48.7 Å². The molecule has 0 saturated carbocycles. The van der Waals surface area contributed by atoms with Crippen molar-refractivity contribution in [1.29, 1.82) is 0 Å². The van der Waals surface area contributed by atoms with E-state index in [2.05, 4.69) is 29.2 Å². The van der Waals surface area contributed by atoms with E-state index >= 15 is 0 Å². The lowest BCUT2D eigenvalue weighted by Gasteiger charge is -2.29. The molecule has 162 valence electrons. The summed E-state index contributed by atoms with van der Waals surface area (Å²) in [5.74, 6) is -0.305. The number of nitrogens with zero attached hydrogens (tertiary/aromatic N) is 3. The van der Waals surface area contributed by atoms with Gasteiger partial charge in [-0.25, -0.2) is 4.39 Å². The molecule has 0 spiro atoms. The maximum Gasteiger partial charge on any atom is 0.255 e. The lowest BCUT2D eigenvalue weighted by Crippen LogP contribution is -2.36. The smallest absolute Gasteiger partial charge is 0.255 e. The van der Waals surface area contributed by atoms with Crippen molar-refractivity contribution in [3.63, 3.8) is 0 Å². The lowest BCUT2D eigenvalue weighted by atomic mass is 10.1. The van der Waals surface area contributed by atoms with Crippen molar-refractivity contribution in [1.82, 2.24) is 9.47 Å². The highest BCUT2D eigenvalue weighted by Gasteiger charge is 2.20. The minimum absolute atomic E-state index is 0.0290. The van der Waals surface area contributed by atoms with Crippen LogP contribution in [0.5, 0.6) is 0 Å². The third-order valence-electron chi connectivity index (χ3n) is 5.83. The number of ether oxygens (including phenoxy) is 1. The minimum atomic E-state index is -0.276. The van der Waals surface area contributed by atoms with Crippen LogP contribution in [0.3, 0.4) is 0 Å². The predicted octanol–water partition coefficient (Wildman–Crippen LogP) is 4.34. The Bertz CT molecular complexity index is 1050. The van der Waals surface area contributed by atoms with Crippen molar-refractivity contribution in [2.75, 3.05) is 38.3 Å². The fourth-order valence-corrected chi connectivity index (χ4v) is 4.15. The van der Waals surface area contributed by atoms with Gasteiger partial charge < -0.3 is 19.1 Å². The summed E-state index contributed by atoms with van der Waals surface area (Å²) in [7, 11) is 1.82. The Balaban J connectivity index is 1.48. The molecule has 0 N–H and O–H groups in total. The largest absolute Gasteiger partial charge is 0.378 e. The highest BCUT2D eigenvalue weighted by Crippen LogP contribution is 2.23. The van der Waals surface area contributed by atoms with Crippen molar-refractivity contribution >= 4 is 11.6 Å². The summed E-state index contributed by atoms with van der Waals surface area (Å²) in [6.45, 7) is 7.74. The number of morpholine rings is 1. The molecule has 5 nitrogen and oxygen atoms in total. The van der Waals surface area contributed by atoms with Crippen LogP contribution in [-0.2, 0) is 11.3 Å². The fraction of sp³-hybridized carbons (Fsp3) is 0.320. The lowest BCUT2D eigenvalue weighted by molar-refractivity contribution is 0.0784. The van der Waals surface area contributed by atoms with Crippen LogP contribution in [0.1, 0.15) is 27.3 Å². The normalized spacial score (nSPS) is 14.0. The number of rotatable bonds is 5. The van der Waals surface area contributed by atoms with E-state index < -0.39 is 0 Å². The zero-order valence-corrected chi connectivity index (χ0v) is 18.3. The second-order valence-electron chi connectivity index (χ2n) is 8.02. The third kappa shape index (κ3) is 4.49. The molecule has 0 bridgehead atoms. The molecular formula is C25H28FN3O2. The van der Waals surface area contributed by atoms with Crippen molar-refractivity contribution < 1.29 is 13.9 Å². The van der Waals surface area contributed by atoms with E-state index in [9.17, 15) is 9.18 Å². The minimum Gasteiger partial charge on any atom is -0.378 e. The van der Waals surface area contributed by atoms with Crippen LogP contribution >= 0.6 is 0 Å². The van der Waals surface area contributed by atoms with Gasteiger partial charge in [-0.1, -0.05) is 12.1 Å². The Labute approximate surface area is 182 Å². The van der Waals surface area contributed by atoms with Crippen LogP contribution in [0.2, 0.25) is 0 Å². The molecule has 0 atom stereocenters. The number of anilines is 1. The average Bonchev–Trinajstić information content (AvgIpc) is 3.09. The van der Waals surface area contributed by atoms with Crippen LogP contribution in [0.15, 0.2) is 54.6 Å². The van der Waals surface area contributed by atoms with Gasteiger partial charge in [-0.15, -0.1) is 0 Å². The molecule has 0 unspecified atom stereocenters. The van der Waals surface area contributed by atoms with Gasteiger partial charge in [0.25, 0.3) is 5.91 Å². The van der Waals surface area contributed by atoms with Crippen molar-refractivity contribution in [3.8, 4) is 5.69 Å². The van der Waals surface area contributed by atoms with Gasteiger partial charge in [-0.2, -0.15) is 0 Å². The van der Waals surface area contributed by atoms with Gasteiger partial charge in [0.05, 0.1) is 18.8 Å². The molecule has 0 radical (unpaired) electrons. The summed E-state index contributed by atoms with van der Waals surface area (Å²) < 4.78 is 20.7. The Morgan fingerprint density at radius 2 is 1.61 bits per heavy atom. The number of aromatic nitrogens is 1. The molecule has 3 aromatic rings. The number of carbonyl (C=O) groups excluding carboxylic acids is 1. The van der Waals surface area contributed by atoms with E-state index in [4.69, 9.17) is 4.74 Å². The first kappa shape index (κ1) is 21.1. The summed E-state index contributed by atoms with van der Waals surface area (Å²) in [6.07, 6.45) is 0.